The molecule has 0 amide bonds. The molecule has 3 radical (unpaired) electrons. The Labute approximate surface area is 88.2 Å². The summed E-state index contributed by atoms with van der Waals surface area (Å²) in [5.74, 6) is 0. The van der Waals surface area contributed by atoms with Crippen LogP contribution in [-0.2, 0) is 0 Å². The summed E-state index contributed by atoms with van der Waals surface area (Å²) < 4.78 is 0. The Balaban J connectivity index is 3.89. The molecule has 3 nitrogen and oxygen atoms in total. The third-order valence-corrected chi connectivity index (χ3v) is 5.91. The van der Waals surface area contributed by atoms with E-state index in [1.165, 1.54) is 0 Å². The summed E-state index contributed by atoms with van der Waals surface area (Å²) in [7, 11) is 4.74. The van der Waals surface area contributed by atoms with Crippen molar-refractivity contribution in [2.45, 2.75) is 19.3 Å². The van der Waals surface area contributed by atoms with E-state index in [9.17, 15) is 0 Å². The van der Waals surface area contributed by atoms with Crippen LogP contribution in [0.15, 0.2) is 0 Å². The molecule has 0 atom stereocenters. The zero-order chi connectivity index (χ0) is 10.9. The Kier molecular flexibility index (Phi) is 8.90. The van der Waals surface area contributed by atoms with Gasteiger partial charge >= 0.3 is 0 Å². The lowest BCUT2D eigenvalue weighted by Gasteiger charge is -2.36. The van der Waals surface area contributed by atoms with Gasteiger partial charge in [-0.1, -0.05) is 0 Å². The standard InChI is InChI=1S/C9H21BO3P/c10-14(7-1-4-11,8-2-5-12)9-3-6-13/h11-13H,1-9H2. The van der Waals surface area contributed by atoms with Crippen LogP contribution in [0.1, 0.15) is 19.3 Å². The maximum absolute atomic E-state index is 8.74. The summed E-state index contributed by atoms with van der Waals surface area (Å²) >= 11 is 0. The van der Waals surface area contributed by atoms with E-state index in [1.807, 2.05) is 0 Å². The van der Waals surface area contributed by atoms with Crippen LogP contribution < -0.4 is 0 Å². The first-order valence-electron chi connectivity index (χ1n) is 5.16. The van der Waals surface area contributed by atoms with Gasteiger partial charge in [0.15, 0.2) is 0 Å². The summed E-state index contributed by atoms with van der Waals surface area (Å²) in [6, 6.07) is 0. The highest BCUT2D eigenvalue weighted by Gasteiger charge is 2.16. The fourth-order valence-corrected chi connectivity index (χ4v) is 4.48. The quantitative estimate of drug-likeness (QED) is 0.384. The van der Waals surface area contributed by atoms with E-state index in [-0.39, 0.29) is 19.8 Å². The van der Waals surface area contributed by atoms with Crippen molar-refractivity contribution in [1.82, 2.24) is 0 Å². The highest BCUT2D eigenvalue weighted by molar-refractivity contribution is 7.97. The largest absolute Gasteiger partial charge is 0.396 e. The first kappa shape index (κ1) is 14.4. The first-order valence-corrected chi connectivity index (χ1v) is 7.57. The Bertz CT molecular complexity index is 113. The van der Waals surface area contributed by atoms with Crippen LogP contribution in [0.5, 0.6) is 0 Å². The maximum atomic E-state index is 8.74. The molecule has 0 saturated heterocycles. The number of rotatable bonds is 9. The molecular weight excluding hydrogens is 198 g/mol. The van der Waals surface area contributed by atoms with Crippen molar-refractivity contribution in [2.24, 2.45) is 0 Å². The van der Waals surface area contributed by atoms with E-state index in [0.717, 1.165) is 37.7 Å². The second-order valence-electron chi connectivity index (χ2n) is 3.62. The van der Waals surface area contributed by atoms with Gasteiger partial charge in [0.05, 0.1) is 0 Å². The lowest BCUT2D eigenvalue weighted by molar-refractivity contribution is 0.292. The van der Waals surface area contributed by atoms with Crippen molar-refractivity contribution < 1.29 is 15.3 Å². The van der Waals surface area contributed by atoms with Gasteiger partial charge < -0.3 is 22.9 Å². The molecule has 0 saturated carbocycles. The molecule has 14 heavy (non-hydrogen) atoms. The van der Waals surface area contributed by atoms with Crippen LogP contribution in [0, 0.1) is 0 Å². The smallest absolute Gasteiger partial charge is 0.0463 e. The third-order valence-electron chi connectivity index (χ3n) is 2.28. The van der Waals surface area contributed by atoms with E-state index in [0.29, 0.717) is 0 Å². The average molecular weight is 219 g/mol. The molecule has 0 aromatic carbocycles. The highest BCUT2D eigenvalue weighted by atomic mass is 31.2. The predicted molar refractivity (Wildman–Crippen MR) is 62.4 cm³/mol. The second-order valence-corrected chi connectivity index (χ2v) is 7.40. The molecule has 0 heterocycles. The number of aliphatic hydroxyl groups excluding tert-OH is 3. The normalized spacial score (nSPS) is 12.0. The molecular formula is C9H21BO3P. The summed E-state index contributed by atoms with van der Waals surface area (Å²) in [4.78, 5) is 0. The minimum Gasteiger partial charge on any atom is -0.396 e. The van der Waals surface area contributed by atoms with E-state index >= 15 is 0 Å². The second kappa shape index (κ2) is 8.66. The zero-order valence-electron chi connectivity index (χ0n) is 8.73. The fraction of sp³-hybridized carbons (Fsp3) is 1.00. The maximum Gasteiger partial charge on any atom is 0.0463 e. The van der Waals surface area contributed by atoms with Crippen molar-refractivity contribution in [3.05, 3.63) is 0 Å². The van der Waals surface area contributed by atoms with Crippen molar-refractivity contribution in [3.63, 3.8) is 0 Å². The van der Waals surface area contributed by atoms with E-state index in [2.05, 4.69) is 0 Å². The monoisotopic (exact) mass is 219 g/mol. The van der Waals surface area contributed by atoms with Crippen LogP contribution in [0.2, 0.25) is 0 Å². The highest BCUT2D eigenvalue weighted by Crippen LogP contribution is 2.55. The molecule has 0 fully saturated rings. The van der Waals surface area contributed by atoms with Gasteiger partial charge in [0, 0.05) is 38.3 Å². The van der Waals surface area contributed by atoms with Gasteiger partial charge in [-0.3, -0.25) is 0 Å². The molecule has 0 aromatic rings. The van der Waals surface area contributed by atoms with Crippen molar-refractivity contribution >= 4 is 14.7 Å². The Morgan fingerprint density at radius 1 is 0.714 bits per heavy atom. The molecule has 0 aliphatic heterocycles. The van der Waals surface area contributed by atoms with Gasteiger partial charge in [-0.05, 0) is 19.3 Å². The summed E-state index contributed by atoms with van der Waals surface area (Å²) in [6.07, 6.45) is 4.81. The van der Waals surface area contributed by atoms with Crippen LogP contribution in [0.25, 0.3) is 0 Å². The number of hydrogen-bond donors (Lipinski definition) is 3. The predicted octanol–water partition coefficient (Wildman–Crippen LogP) is 0.235. The van der Waals surface area contributed by atoms with Gasteiger partial charge in [0.2, 0.25) is 0 Å². The molecule has 0 rings (SSSR count). The van der Waals surface area contributed by atoms with Crippen molar-refractivity contribution in [3.8, 4) is 0 Å². The minimum absolute atomic E-state index is 0.178. The van der Waals surface area contributed by atoms with Gasteiger partial charge in [-0.2, -0.15) is 0 Å². The molecule has 0 aliphatic rings. The van der Waals surface area contributed by atoms with Crippen molar-refractivity contribution in [1.29, 1.82) is 0 Å². The molecule has 0 aromatic heterocycles. The Morgan fingerprint density at radius 3 is 1.21 bits per heavy atom. The van der Waals surface area contributed by atoms with Crippen LogP contribution in [0.3, 0.4) is 0 Å². The first-order chi connectivity index (χ1) is 6.68. The SMILES string of the molecule is [B-][P+](CCCO)(CCCO)CCCO. The number of aliphatic hydroxyl groups is 3. The van der Waals surface area contributed by atoms with Gasteiger partial charge in [0.1, 0.15) is 0 Å². The van der Waals surface area contributed by atoms with Crippen molar-refractivity contribution in [2.75, 3.05) is 38.3 Å². The zero-order valence-corrected chi connectivity index (χ0v) is 9.62. The minimum atomic E-state index is -1.50. The molecule has 0 bridgehead atoms. The number of hydrogen-bond acceptors (Lipinski definition) is 3. The molecule has 0 spiro atoms. The molecule has 83 valence electrons. The molecule has 0 unspecified atom stereocenters. The molecule has 3 N–H and O–H groups in total. The summed E-state index contributed by atoms with van der Waals surface area (Å²) in [5.41, 5.74) is 0. The summed E-state index contributed by atoms with van der Waals surface area (Å²) in [6.45, 7) is 0.533. The Hall–Kier alpha value is 0.375. The van der Waals surface area contributed by atoms with E-state index in [4.69, 9.17) is 22.9 Å². The summed E-state index contributed by atoms with van der Waals surface area (Å²) in [5, 5.41) is 26.2. The topological polar surface area (TPSA) is 60.7 Å². The van der Waals surface area contributed by atoms with Crippen LogP contribution in [0.4, 0.5) is 0 Å². The lowest BCUT2D eigenvalue weighted by Crippen LogP contribution is -2.11. The Morgan fingerprint density at radius 2 is 1.00 bits per heavy atom. The third kappa shape index (κ3) is 6.77. The molecule has 0 aliphatic carbocycles. The van der Waals surface area contributed by atoms with Gasteiger partial charge in [-0.25, -0.2) is 7.14 Å². The van der Waals surface area contributed by atoms with Crippen LogP contribution >= 0.6 is 7.14 Å². The average Bonchev–Trinajstić information content (AvgIpc) is 2.21. The van der Waals surface area contributed by atoms with Gasteiger partial charge in [0.25, 0.3) is 0 Å². The molecule has 5 heteroatoms. The lowest BCUT2D eigenvalue weighted by atomic mass is 10.5. The van der Waals surface area contributed by atoms with E-state index in [1.54, 1.807) is 0 Å². The van der Waals surface area contributed by atoms with Crippen LogP contribution in [-0.4, -0.2) is 61.2 Å². The van der Waals surface area contributed by atoms with Gasteiger partial charge in [-0.15, -0.1) is 0 Å². The fourth-order valence-electron chi connectivity index (χ4n) is 1.49. The van der Waals surface area contributed by atoms with E-state index < -0.39 is 7.14 Å².